The van der Waals surface area contributed by atoms with E-state index >= 15 is 0 Å². The Hall–Kier alpha value is -3.58. The number of rotatable bonds is 17. The molecule has 0 aliphatic carbocycles. The number of benzene rings is 3. The van der Waals surface area contributed by atoms with E-state index in [1.165, 1.54) is 12.1 Å². The van der Waals surface area contributed by atoms with E-state index in [9.17, 15) is 36.3 Å². The minimum atomic E-state index is -4.61. The van der Waals surface area contributed by atoms with Gasteiger partial charge in [-0.1, -0.05) is 82.2 Å². The largest absolute Gasteiger partial charge is 0.507 e. The molecule has 0 heterocycles. The van der Waals surface area contributed by atoms with E-state index in [-0.39, 0.29) is 40.7 Å². The van der Waals surface area contributed by atoms with Crippen molar-refractivity contribution in [2.75, 3.05) is 6.54 Å². The number of aromatic hydroxyl groups is 1. The average Bonchev–Trinajstić information content (AvgIpc) is 3.00. The molecule has 8 nitrogen and oxygen atoms in total. The van der Waals surface area contributed by atoms with Gasteiger partial charge in [-0.3, -0.25) is 4.79 Å². The minimum absolute atomic E-state index is 0.00578. The van der Waals surface area contributed by atoms with Crippen LogP contribution in [0.3, 0.4) is 0 Å². The average molecular weight is 729 g/mol. The van der Waals surface area contributed by atoms with Crippen molar-refractivity contribution in [1.82, 2.24) is 5.32 Å². The van der Waals surface area contributed by atoms with Gasteiger partial charge in [0.25, 0.3) is 5.91 Å². The third-order valence-electron chi connectivity index (χ3n) is 7.47. The van der Waals surface area contributed by atoms with Gasteiger partial charge in [-0.25, -0.2) is 4.79 Å². The van der Waals surface area contributed by atoms with Crippen LogP contribution in [0.2, 0.25) is 0 Å². The Kier molecular flexibility index (Phi) is 13.5. The molecule has 0 saturated heterocycles. The van der Waals surface area contributed by atoms with Crippen LogP contribution in [0.15, 0.2) is 70.0 Å². The quantitative estimate of drug-likeness (QED) is 0.0937. The van der Waals surface area contributed by atoms with E-state index in [0.717, 1.165) is 56.7 Å². The van der Waals surface area contributed by atoms with Crippen molar-refractivity contribution in [3.63, 3.8) is 0 Å². The van der Waals surface area contributed by atoms with Crippen LogP contribution < -0.4 is 9.50 Å². The molecule has 0 bridgehead atoms. The van der Waals surface area contributed by atoms with E-state index < -0.39 is 50.3 Å². The van der Waals surface area contributed by atoms with Crippen LogP contribution >= 0.6 is 15.9 Å². The van der Waals surface area contributed by atoms with Gasteiger partial charge in [-0.15, -0.1) is 0 Å². The topological polar surface area (TPSA) is 130 Å². The molecule has 46 heavy (non-hydrogen) atoms. The molecule has 0 saturated carbocycles. The fourth-order valence-corrected chi connectivity index (χ4v) is 6.56. The summed E-state index contributed by atoms with van der Waals surface area (Å²) in [6, 6.07) is 13.7. The first-order valence-electron chi connectivity index (χ1n) is 15.0. The second-order valence-electron chi connectivity index (χ2n) is 10.9. The Balaban J connectivity index is 1.78. The van der Waals surface area contributed by atoms with Crippen LogP contribution in [0.5, 0.6) is 11.5 Å². The first-order valence-corrected chi connectivity index (χ1v) is 17.2. The van der Waals surface area contributed by atoms with Crippen LogP contribution in [0, 0.1) is 5.92 Å². The third-order valence-corrected chi connectivity index (χ3v) is 9.28. The summed E-state index contributed by atoms with van der Waals surface area (Å²) >= 11 is 3.26. The van der Waals surface area contributed by atoms with Crippen molar-refractivity contribution < 1.29 is 45.6 Å². The van der Waals surface area contributed by atoms with E-state index in [2.05, 4.69) is 28.2 Å². The zero-order valence-corrected chi connectivity index (χ0v) is 27.7. The van der Waals surface area contributed by atoms with Gasteiger partial charge >= 0.3 is 22.3 Å². The van der Waals surface area contributed by atoms with Gasteiger partial charge in [0.1, 0.15) is 16.2 Å². The number of carbonyl (C=O) groups excluding carboxylic acids is 1. The van der Waals surface area contributed by atoms with Gasteiger partial charge in [0.05, 0.1) is 10.4 Å². The molecular weight excluding hydrogens is 691 g/mol. The number of aromatic carboxylic acids is 1. The Morgan fingerprint density at radius 3 is 2.20 bits per heavy atom. The standard InChI is InChI=1S/C33H37BrF3NO7S/c1-2-3-4-5-6-7-11-14-24(33(35,36)37)17-18-38-31(40)23-19-27(22-12-9-8-10-13-22)30(28(34)20-23)45-46(43,44)25-15-16-26(32(41)42)29(39)21-25/h8-10,12-13,15-16,19-21,24,39H,2-7,11,14,17-18H2,1H3,(H,38,40)(H,41,42). The van der Waals surface area contributed by atoms with Gasteiger partial charge in [0.2, 0.25) is 0 Å². The third kappa shape index (κ3) is 10.5. The molecular formula is C33H37BrF3NO7S. The number of phenols is 1. The van der Waals surface area contributed by atoms with Gasteiger partial charge in [0, 0.05) is 23.7 Å². The lowest BCUT2D eigenvalue weighted by Crippen LogP contribution is -2.30. The van der Waals surface area contributed by atoms with E-state index in [1.807, 2.05) is 0 Å². The number of halogens is 4. The van der Waals surface area contributed by atoms with E-state index in [4.69, 9.17) is 9.29 Å². The summed E-state index contributed by atoms with van der Waals surface area (Å²) in [6.07, 6.45) is 1.77. The van der Waals surface area contributed by atoms with Crippen molar-refractivity contribution in [3.05, 3.63) is 76.3 Å². The molecule has 1 unspecified atom stereocenters. The fourth-order valence-electron chi connectivity index (χ4n) is 4.93. The van der Waals surface area contributed by atoms with Crippen LogP contribution in [0.25, 0.3) is 11.1 Å². The van der Waals surface area contributed by atoms with Gasteiger partial charge in [-0.05, 0) is 58.6 Å². The second-order valence-corrected chi connectivity index (χ2v) is 13.3. The smallest absolute Gasteiger partial charge is 0.391 e. The molecule has 3 rings (SSSR count). The maximum absolute atomic E-state index is 13.7. The van der Waals surface area contributed by atoms with Crippen molar-refractivity contribution in [2.24, 2.45) is 5.92 Å². The summed E-state index contributed by atoms with van der Waals surface area (Å²) in [4.78, 5) is 23.8. The number of carbonyl (C=O) groups is 2. The molecule has 1 atom stereocenters. The second kappa shape index (κ2) is 16.8. The molecule has 1 amide bonds. The number of unbranched alkanes of at least 4 members (excludes halogenated alkanes) is 6. The first-order chi connectivity index (χ1) is 21.7. The Bertz CT molecular complexity index is 1600. The first kappa shape index (κ1) is 36.9. The lowest BCUT2D eigenvalue weighted by Gasteiger charge is -2.20. The van der Waals surface area contributed by atoms with E-state index in [0.29, 0.717) is 12.0 Å². The fraction of sp³-hybridized carbons (Fsp3) is 0.394. The van der Waals surface area contributed by atoms with E-state index in [1.54, 1.807) is 30.3 Å². The number of carboxylic acids is 1. The van der Waals surface area contributed by atoms with Crippen LogP contribution in [-0.2, 0) is 10.1 Å². The molecule has 3 N–H and O–H groups in total. The van der Waals surface area contributed by atoms with Crippen molar-refractivity contribution >= 4 is 37.9 Å². The van der Waals surface area contributed by atoms with Gasteiger partial charge in [0.15, 0.2) is 5.75 Å². The van der Waals surface area contributed by atoms with Crippen LogP contribution in [-0.4, -0.2) is 43.2 Å². The Morgan fingerprint density at radius 1 is 0.935 bits per heavy atom. The highest BCUT2D eigenvalue weighted by Crippen LogP contribution is 2.40. The van der Waals surface area contributed by atoms with Gasteiger partial charge < -0.3 is 19.7 Å². The number of nitrogens with one attached hydrogen (secondary N) is 1. The number of hydrogen-bond donors (Lipinski definition) is 3. The Morgan fingerprint density at radius 2 is 1.59 bits per heavy atom. The van der Waals surface area contributed by atoms with Crippen molar-refractivity contribution in [2.45, 2.75) is 75.8 Å². The van der Waals surface area contributed by atoms with Crippen molar-refractivity contribution in [1.29, 1.82) is 0 Å². The summed E-state index contributed by atoms with van der Waals surface area (Å²) < 4.78 is 72.9. The minimum Gasteiger partial charge on any atom is -0.507 e. The highest BCUT2D eigenvalue weighted by atomic mass is 79.9. The predicted molar refractivity (Wildman–Crippen MR) is 172 cm³/mol. The predicted octanol–water partition coefficient (Wildman–Crippen LogP) is 8.73. The molecule has 0 aliphatic heterocycles. The molecule has 250 valence electrons. The molecule has 0 radical (unpaired) electrons. The Labute approximate surface area is 275 Å². The molecule has 0 spiro atoms. The number of hydrogen-bond acceptors (Lipinski definition) is 6. The highest BCUT2D eigenvalue weighted by Gasteiger charge is 2.38. The summed E-state index contributed by atoms with van der Waals surface area (Å²) in [7, 11) is -4.61. The van der Waals surface area contributed by atoms with Crippen molar-refractivity contribution in [3.8, 4) is 22.6 Å². The SMILES string of the molecule is CCCCCCCCCC(CCNC(=O)c1cc(Br)c(OS(=O)(=O)c2ccc(C(=O)O)c(O)c2)c(-c2ccccc2)c1)C(F)(F)F. The summed E-state index contributed by atoms with van der Waals surface area (Å²) in [5, 5.41) is 21.7. The normalized spacial score (nSPS) is 12.5. The van der Waals surface area contributed by atoms with Gasteiger partial charge in [-0.2, -0.15) is 21.6 Å². The summed E-state index contributed by atoms with van der Waals surface area (Å²) in [5.41, 5.74) is 0.204. The number of carboxylic acid groups (broad SMARTS) is 1. The lowest BCUT2D eigenvalue weighted by atomic mass is 9.96. The summed E-state index contributed by atoms with van der Waals surface area (Å²) in [5.74, 6) is -4.62. The number of alkyl halides is 3. The lowest BCUT2D eigenvalue weighted by molar-refractivity contribution is -0.178. The molecule has 13 heteroatoms. The van der Waals surface area contributed by atoms with Crippen LogP contribution in [0.1, 0.15) is 85.4 Å². The summed E-state index contributed by atoms with van der Waals surface area (Å²) in [6.45, 7) is 1.90. The highest BCUT2D eigenvalue weighted by molar-refractivity contribution is 9.10. The van der Waals surface area contributed by atoms with Crippen LogP contribution in [0.4, 0.5) is 13.2 Å². The maximum Gasteiger partial charge on any atom is 0.391 e. The molecule has 0 aromatic heterocycles. The molecule has 0 fully saturated rings. The zero-order valence-electron chi connectivity index (χ0n) is 25.3. The zero-order chi connectivity index (χ0) is 33.9. The molecule has 3 aromatic carbocycles. The molecule has 3 aromatic rings. The maximum atomic E-state index is 13.7. The number of amides is 1. The monoisotopic (exact) mass is 727 g/mol. The molecule has 0 aliphatic rings.